The van der Waals surface area contributed by atoms with Gasteiger partial charge in [-0.25, -0.2) is 14.4 Å². The van der Waals surface area contributed by atoms with Gasteiger partial charge in [-0.3, -0.25) is 4.79 Å². The van der Waals surface area contributed by atoms with E-state index in [0.717, 1.165) is 6.20 Å². The monoisotopic (exact) mass is 399 g/mol. The van der Waals surface area contributed by atoms with E-state index < -0.39 is 11.9 Å². The maximum atomic E-state index is 13.6. The Morgan fingerprint density at radius 2 is 2.03 bits per heavy atom. The molecule has 0 saturated carbocycles. The zero-order valence-corrected chi connectivity index (χ0v) is 17.2. The third kappa shape index (κ3) is 5.04. The van der Waals surface area contributed by atoms with Crippen molar-refractivity contribution in [3.05, 3.63) is 30.5 Å². The highest BCUT2D eigenvalue weighted by Crippen LogP contribution is 2.26. The lowest BCUT2D eigenvalue weighted by Crippen LogP contribution is -2.45. The van der Waals surface area contributed by atoms with Crippen LogP contribution in [-0.2, 0) is 4.79 Å². The third-order valence-corrected chi connectivity index (χ3v) is 4.34. The number of fused-ring (bicyclic) bond motifs is 1. The number of nitrogens with one attached hydrogen (secondary N) is 3. The maximum absolute atomic E-state index is 13.6. The molecule has 0 aromatic carbocycles. The van der Waals surface area contributed by atoms with Gasteiger partial charge in [-0.1, -0.05) is 34.6 Å². The fourth-order valence-corrected chi connectivity index (χ4v) is 2.81. The van der Waals surface area contributed by atoms with Gasteiger partial charge in [-0.05, 0) is 17.4 Å². The van der Waals surface area contributed by atoms with E-state index in [1.165, 1.54) is 12.3 Å². The van der Waals surface area contributed by atoms with Gasteiger partial charge in [-0.2, -0.15) is 5.10 Å². The standard InChI is InChI=1S/C20H26FN7O/c1-11(2)16(19(29)24-10-20(3,4)5)26-15-9-25-28-18(27-15)14-8-23-17-13(14)6-12(21)7-22-17/h6-9,11,16H,10H2,1-5H3,(H,22,23)(H,24,29)(H,26,27,28). The van der Waals surface area contributed by atoms with Crippen LogP contribution in [0.3, 0.4) is 0 Å². The molecule has 9 heteroatoms. The Labute approximate surface area is 168 Å². The van der Waals surface area contributed by atoms with Crippen molar-refractivity contribution in [2.75, 3.05) is 11.9 Å². The maximum Gasteiger partial charge on any atom is 0.242 e. The predicted octanol–water partition coefficient (Wildman–Crippen LogP) is 3.15. The molecular formula is C20H26FN7O. The van der Waals surface area contributed by atoms with Gasteiger partial charge in [0, 0.05) is 23.7 Å². The Balaban J connectivity index is 1.84. The van der Waals surface area contributed by atoms with Crippen LogP contribution in [0.15, 0.2) is 24.7 Å². The summed E-state index contributed by atoms with van der Waals surface area (Å²) < 4.78 is 13.6. The molecule has 3 heterocycles. The number of aromatic nitrogens is 5. The van der Waals surface area contributed by atoms with E-state index in [2.05, 4.69) is 56.6 Å². The molecule has 0 fully saturated rings. The molecule has 3 rings (SSSR count). The second-order valence-electron chi connectivity index (χ2n) is 8.56. The third-order valence-electron chi connectivity index (χ3n) is 4.34. The van der Waals surface area contributed by atoms with Crippen molar-refractivity contribution in [2.24, 2.45) is 11.3 Å². The molecule has 3 aromatic heterocycles. The van der Waals surface area contributed by atoms with E-state index in [1.54, 1.807) is 6.20 Å². The molecule has 0 spiro atoms. The zero-order valence-electron chi connectivity index (χ0n) is 17.2. The van der Waals surface area contributed by atoms with E-state index in [-0.39, 0.29) is 17.2 Å². The molecule has 0 radical (unpaired) electrons. The number of hydrogen-bond acceptors (Lipinski definition) is 6. The van der Waals surface area contributed by atoms with Gasteiger partial charge in [0.05, 0.1) is 12.4 Å². The minimum absolute atomic E-state index is 0.0144. The molecular weight excluding hydrogens is 373 g/mol. The summed E-state index contributed by atoms with van der Waals surface area (Å²) in [6.07, 6.45) is 4.26. The summed E-state index contributed by atoms with van der Waals surface area (Å²) in [6, 6.07) is 0.887. The van der Waals surface area contributed by atoms with Gasteiger partial charge >= 0.3 is 0 Å². The number of aromatic amines is 1. The van der Waals surface area contributed by atoms with Crippen molar-refractivity contribution in [2.45, 2.75) is 40.7 Å². The largest absolute Gasteiger partial charge is 0.357 e. The number of nitrogens with zero attached hydrogens (tertiary/aromatic N) is 4. The van der Waals surface area contributed by atoms with Crippen molar-refractivity contribution in [1.29, 1.82) is 0 Å². The van der Waals surface area contributed by atoms with E-state index in [4.69, 9.17) is 0 Å². The van der Waals surface area contributed by atoms with Crippen LogP contribution in [0.5, 0.6) is 0 Å². The highest BCUT2D eigenvalue weighted by molar-refractivity contribution is 5.91. The number of anilines is 1. The van der Waals surface area contributed by atoms with Gasteiger partial charge in [0.15, 0.2) is 5.82 Å². The van der Waals surface area contributed by atoms with Crippen LogP contribution in [0.1, 0.15) is 34.6 Å². The Kier molecular flexibility index (Phi) is 5.76. The summed E-state index contributed by atoms with van der Waals surface area (Å²) in [7, 11) is 0. The minimum atomic E-state index is -0.482. The number of hydrogen-bond donors (Lipinski definition) is 3. The number of rotatable bonds is 6. The average molecular weight is 399 g/mol. The number of carbonyl (C=O) groups is 1. The molecule has 0 bridgehead atoms. The van der Waals surface area contributed by atoms with Crippen molar-refractivity contribution >= 4 is 22.8 Å². The van der Waals surface area contributed by atoms with Crippen LogP contribution >= 0.6 is 0 Å². The molecule has 3 aromatic rings. The van der Waals surface area contributed by atoms with Crippen LogP contribution in [-0.4, -0.2) is 43.6 Å². The molecule has 1 atom stereocenters. The first kappa shape index (κ1) is 20.6. The molecule has 0 saturated heterocycles. The zero-order chi connectivity index (χ0) is 21.2. The number of halogens is 1. The topological polar surface area (TPSA) is 108 Å². The number of H-pyrrole nitrogens is 1. The highest BCUT2D eigenvalue weighted by Gasteiger charge is 2.24. The van der Waals surface area contributed by atoms with Crippen molar-refractivity contribution in [3.63, 3.8) is 0 Å². The first-order valence-corrected chi connectivity index (χ1v) is 9.51. The second kappa shape index (κ2) is 8.10. The average Bonchev–Trinajstić information content (AvgIpc) is 3.06. The van der Waals surface area contributed by atoms with E-state index >= 15 is 0 Å². The molecule has 29 heavy (non-hydrogen) atoms. The minimum Gasteiger partial charge on any atom is -0.357 e. The van der Waals surface area contributed by atoms with Gasteiger partial charge in [0.2, 0.25) is 5.91 Å². The molecule has 154 valence electrons. The quantitative estimate of drug-likeness (QED) is 0.588. The summed E-state index contributed by atoms with van der Waals surface area (Å²) in [5, 5.41) is 14.7. The predicted molar refractivity (Wildman–Crippen MR) is 110 cm³/mol. The molecule has 0 aliphatic rings. The Morgan fingerprint density at radius 3 is 2.72 bits per heavy atom. The molecule has 1 unspecified atom stereocenters. The Morgan fingerprint density at radius 1 is 1.28 bits per heavy atom. The summed E-state index contributed by atoms with van der Waals surface area (Å²) in [5.41, 5.74) is 1.10. The van der Waals surface area contributed by atoms with Gasteiger partial charge in [0.25, 0.3) is 0 Å². The first-order valence-electron chi connectivity index (χ1n) is 9.51. The Bertz CT molecular complexity index is 1010. The van der Waals surface area contributed by atoms with Crippen molar-refractivity contribution < 1.29 is 9.18 Å². The van der Waals surface area contributed by atoms with Crippen molar-refractivity contribution in [3.8, 4) is 11.4 Å². The van der Waals surface area contributed by atoms with Crippen LogP contribution in [0, 0.1) is 17.2 Å². The van der Waals surface area contributed by atoms with Gasteiger partial charge in [0.1, 0.15) is 23.3 Å². The van der Waals surface area contributed by atoms with Gasteiger partial charge < -0.3 is 15.6 Å². The lowest BCUT2D eigenvalue weighted by atomic mass is 9.96. The number of amides is 1. The smallest absolute Gasteiger partial charge is 0.242 e. The van der Waals surface area contributed by atoms with Gasteiger partial charge in [-0.15, -0.1) is 5.10 Å². The molecule has 1 amide bonds. The normalized spacial score (nSPS) is 12.9. The van der Waals surface area contributed by atoms with Crippen LogP contribution in [0.4, 0.5) is 10.2 Å². The van der Waals surface area contributed by atoms with E-state index in [9.17, 15) is 9.18 Å². The fraction of sp³-hybridized carbons (Fsp3) is 0.450. The second-order valence-corrected chi connectivity index (χ2v) is 8.56. The first-order chi connectivity index (χ1) is 13.6. The summed E-state index contributed by atoms with van der Waals surface area (Å²) in [4.78, 5) is 24.1. The fourth-order valence-electron chi connectivity index (χ4n) is 2.81. The Hall–Kier alpha value is -3.10. The van der Waals surface area contributed by atoms with Crippen LogP contribution in [0.2, 0.25) is 0 Å². The van der Waals surface area contributed by atoms with Crippen molar-refractivity contribution in [1.82, 2.24) is 30.5 Å². The molecule has 3 N–H and O–H groups in total. The van der Waals surface area contributed by atoms with E-state index in [1.807, 2.05) is 13.8 Å². The molecule has 8 nitrogen and oxygen atoms in total. The van der Waals surface area contributed by atoms with Crippen LogP contribution < -0.4 is 10.6 Å². The highest BCUT2D eigenvalue weighted by atomic mass is 19.1. The lowest BCUT2D eigenvalue weighted by molar-refractivity contribution is -0.123. The number of pyridine rings is 1. The molecule has 0 aliphatic heterocycles. The summed E-state index contributed by atoms with van der Waals surface area (Å²) >= 11 is 0. The number of carbonyl (C=O) groups excluding carboxylic acids is 1. The SMILES string of the molecule is CC(C)C(Nc1cnnc(-c2c[nH]c3ncc(F)cc23)n1)C(=O)NCC(C)(C)C. The molecule has 0 aliphatic carbocycles. The summed E-state index contributed by atoms with van der Waals surface area (Å²) in [6.45, 7) is 10.7. The van der Waals surface area contributed by atoms with E-state index in [0.29, 0.717) is 34.8 Å². The van der Waals surface area contributed by atoms with Crippen LogP contribution in [0.25, 0.3) is 22.4 Å². The lowest BCUT2D eigenvalue weighted by Gasteiger charge is -2.25. The summed E-state index contributed by atoms with van der Waals surface area (Å²) in [5.74, 6) is 0.203.